The van der Waals surface area contributed by atoms with Gasteiger partial charge in [0.05, 0.1) is 28.3 Å². The molecule has 2 heterocycles. The first-order valence-electron chi connectivity index (χ1n) is 7.20. The highest BCUT2D eigenvalue weighted by Gasteiger charge is 2.20. The fourth-order valence-electron chi connectivity index (χ4n) is 2.45. The van der Waals surface area contributed by atoms with Gasteiger partial charge < -0.3 is 20.1 Å². The van der Waals surface area contributed by atoms with Gasteiger partial charge in [0.2, 0.25) is 0 Å². The van der Waals surface area contributed by atoms with Crippen molar-refractivity contribution in [2.45, 2.75) is 6.54 Å². The molecule has 0 spiro atoms. The van der Waals surface area contributed by atoms with E-state index in [2.05, 4.69) is 31.5 Å². The number of aromatic carboxylic acids is 1. The van der Waals surface area contributed by atoms with Crippen LogP contribution >= 0.6 is 39.1 Å². The fraction of sp³-hybridized carbons (Fsp3) is 0.125. The number of carbonyl (C=O) groups is 1. The number of pyridine rings is 1. The van der Waals surface area contributed by atoms with Crippen molar-refractivity contribution in [1.29, 1.82) is 0 Å². The predicted molar refractivity (Wildman–Crippen MR) is 102 cm³/mol. The molecule has 0 atom stereocenters. The van der Waals surface area contributed by atoms with E-state index in [0.717, 1.165) is 10.2 Å². The summed E-state index contributed by atoms with van der Waals surface area (Å²) in [5.74, 6) is -1.11. The molecule has 2 aromatic heterocycles. The molecule has 3 aromatic rings. The number of carboxylic acid groups (broad SMARTS) is 1. The van der Waals surface area contributed by atoms with Crippen LogP contribution in [0, 0.1) is 0 Å². The minimum atomic E-state index is -1.11. The Hall–Kier alpha value is -1.80. The average molecular weight is 444 g/mol. The second-order valence-electron chi connectivity index (χ2n) is 5.26. The first-order valence-corrected chi connectivity index (χ1v) is 8.75. The second-order valence-corrected chi connectivity index (χ2v) is 6.96. The van der Waals surface area contributed by atoms with E-state index in [1.165, 1.54) is 6.20 Å². The first kappa shape index (κ1) is 18.0. The number of nitrogens with one attached hydrogen (secondary N) is 2. The van der Waals surface area contributed by atoms with Gasteiger partial charge in [0.1, 0.15) is 10.6 Å². The van der Waals surface area contributed by atoms with Crippen LogP contribution in [0.5, 0.6) is 0 Å². The molecule has 6 nitrogen and oxygen atoms in total. The van der Waals surface area contributed by atoms with Crippen molar-refractivity contribution in [2.24, 2.45) is 0 Å². The molecule has 3 rings (SSSR count). The van der Waals surface area contributed by atoms with Crippen LogP contribution < -0.4 is 10.6 Å². The summed E-state index contributed by atoms with van der Waals surface area (Å²) in [5.41, 5.74) is 2.07. The second kappa shape index (κ2) is 7.21. The van der Waals surface area contributed by atoms with Crippen molar-refractivity contribution in [3.8, 4) is 0 Å². The maximum atomic E-state index is 11.7. The van der Waals surface area contributed by atoms with Crippen LogP contribution in [-0.4, -0.2) is 27.5 Å². The number of hydrogen-bond donors (Lipinski definition) is 3. The quantitative estimate of drug-likeness (QED) is 0.538. The molecule has 0 aliphatic carbocycles. The summed E-state index contributed by atoms with van der Waals surface area (Å²) >= 11 is 16.0. The van der Waals surface area contributed by atoms with Crippen molar-refractivity contribution in [1.82, 2.24) is 14.7 Å². The molecule has 0 saturated heterocycles. The standard InChI is InChI=1S/C16H13BrCl2N4O2/c1-20-5-9-6-21-15-13(19)14(10(16(24)25)7-23(9)15)22-12-3-2-8(17)4-11(12)18/h2-4,6-7,20,22H,5H2,1H3,(H,24,25). The molecular weight excluding hydrogens is 431 g/mol. The number of rotatable bonds is 5. The number of fused-ring (bicyclic) bond motifs is 1. The summed E-state index contributed by atoms with van der Waals surface area (Å²) in [4.78, 5) is 16.0. The van der Waals surface area contributed by atoms with Crippen LogP contribution in [0.15, 0.2) is 35.1 Å². The molecule has 25 heavy (non-hydrogen) atoms. The monoisotopic (exact) mass is 442 g/mol. The molecular formula is C16H13BrCl2N4O2. The lowest BCUT2D eigenvalue weighted by molar-refractivity contribution is 0.0697. The van der Waals surface area contributed by atoms with E-state index >= 15 is 0 Å². The highest BCUT2D eigenvalue weighted by molar-refractivity contribution is 9.10. The predicted octanol–water partition coefficient (Wildman–Crippen LogP) is 4.56. The third-order valence-corrected chi connectivity index (χ3v) is 4.76. The lowest BCUT2D eigenvalue weighted by Gasteiger charge is -2.15. The highest BCUT2D eigenvalue weighted by atomic mass is 79.9. The van der Waals surface area contributed by atoms with E-state index < -0.39 is 5.97 Å². The van der Waals surface area contributed by atoms with Crippen LogP contribution in [0.4, 0.5) is 11.4 Å². The summed E-state index contributed by atoms with van der Waals surface area (Å²) in [5, 5.41) is 16.3. The molecule has 0 aliphatic rings. The van der Waals surface area contributed by atoms with Gasteiger partial charge in [-0.1, -0.05) is 39.1 Å². The van der Waals surface area contributed by atoms with E-state index in [9.17, 15) is 9.90 Å². The SMILES string of the molecule is CNCc1cnc2c(Cl)c(Nc3ccc(Br)cc3Cl)c(C(=O)O)cn12. The number of nitrogens with zero attached hydrogens (tertiary/aromatic N) is 2. The van der Waals surface area contributed by atoms with Gasteiger partial charge in [-0.3, -0.25) is 0 Å². The lowest BCUT2D eigenvalue weighted by atomic mass is 10.2. The van der Waals surface area contributed by atoms with E-state index in [1.807, 2.05) is 0 Å². The van der Waals surface area contributed by atoms with Gasteiger partial charge in [0, 0.05) is 17.2 Å². The Morgan fingerprint density at radius 3 is 2.80 bits per heavy atom. The minimum absolute atomic E-state index is 0.0202. The molecule has 0 aliphatic heterocycles. The zero-order valence-corrected chi connectivity index (χ0v) is 16.1. The van der Waals surface area contributed by atoms with Crippen LogP contribution in [0.2, 0.25) is 10.0 Å². The highest BCUT2D eigenvalue weighted by Crippen LogP contribution is 2.36. The Labute approximate surface area is 161 Å². The Kier molecular flexibility index (Phi) is 5.19. The van der Waals surface area contributed by atoms with Gasteiger partial charge in [-0.15, -0.1) is 0 Å². The van der Waals surface area contributed by atoms with Crippen LogP contribution in [0.25, 0.3) is 5.65 Å². The van der Waals surface area contributed by atoms with Crippen LogP contribution in [0.1, 0.15) is 16.1 Å². The van der Waals surface area contributed by atoms with Crippen LogP contribution in [-0.2, 0) is 6.54 Å². The average Bonchev–Trinajstić information content (AvgIpc) is 2.95. The number of anilines is 2. The third-order valence-electron chi connectivity index (χ3n) is 3.60. The van der Waals surface area contributed by atoms with Crippen molar-refractivity contribution in [2.75, 3.05) is 12.4 Å². The number of imidazole rings is 1. The molecule has 1 aromatic carbocycles. The van der Waals surface area contributed by atoms with E-state index in [1.54, 1.807) is 35.8 Å². The number of hydrogen-bond acceptors (Lipinski definition) is 4. The molecule has 3 N–H and O–H groups in total. The molecule has 0 fully saturated rings. The van der Waals surface area contributed by atoms with Gasteiger partial charge in [-0.2, -0.15) is 0 Å². The van der Waals surface area contributed by atoms with Gasteiger partial charge >= 0.3 is 5.97 Å². The molecule has 0 saturated carbocycles. The maximum absolute atomic E-state index is 11.7. The molecule has 0 bridgehead atoms. The maximum Gasteiger partial charge on any atom is 0.339 e. The third kappa shape index (κ3) is 3.46. The number of benzene rings is 1. The Bertz CT molecular complexity index is 974. The normalized spacial score (nSPS) is 11.0. The Balaban J connectivity index is 2.17. The zero-order valence-electron chi connectivity index (χ0n) is 13.0. The van der Waals surface area contributed by atoms with E-state index in [4.69, 9.17) is 23.2 Å². The summed E-state index contributed by atoms with van der Waals surface area (Å²) < 4.78 is 2.48. The Morgan fingerprint density at radius 2 is 2.16 bits per heavy atom. The fourth-order valence-corrected chi connectivity index (χ4v) is 3.46. The van der Waals surface area contributed by atoms with E-state index in [0.29, 0.717) is 22.9 Å². The molecule has 9 heteroatoms. The largest absolute Gasteiger partial charge is 0.478 e. The van der Waals surface area contributed by atoms with Crippen molar-refractivity contribution < 1.29 is 9.90 Å². The number of aromatic nitrogens is 2. The molecule has 130 valence electrons. The van der Waals surface area contributed by atoms with Gasteiger partial charge in [-0.05, 0) is 25.2 Å². The minimum Gasteiger partial charge on any atom is -0.478 e. The van der Waals surface area contributed by atoms with Crippen molar-refractivity contribution >= 4 is 62.1 Å². The summed E-state index contributed by atoms with van der Waals surface area (Å²) in [7, 11) is 1.80. The van der Waals surface area contributed by atoms with Gasteiger partial charge in [0.15, 0.2) is 5.65 Å². The first-order chi connectivity index (χ1) is 11.9. The molecule has 0 unspecified atom stereocenters. The summed E-state index contributed by atoms with van der Waals surface area (Å²) in [6.07, 6.45) is 3.15. The topological polar surface area (TPSA) is 78.7 Å². The van der Waals surface area contributed by atoms with Crippen LogP contribution in [0.3, 0.4) is 0 Å². The number of halogens is 3. The smallest absolute Gasteiger partial charge is 0.339 e. The zero-order chi connectivity index (χ0) is 18.1. The van der Waals surface area contributed by atoms with Gasteiger partial charge in [-0.25, -0.2) is 9.78 Å². The summed E-state index contributed by atoms with van der Waals surface area (Å²) in [6.45, 7) is 0.530. The van der Waals surface area contributed by atoms with E-state index in [-0.39, 0.29) is 16.3 Å². The molecule has 0 amide bonds. The van der Waals surface area contributed by atoms with Crippen molar-refractivity contribution in [3.05, 3.63) is 56.4 Å². The molecule has 0 radical (unpaired) electrons. The number of carboxylic acids is 1. The van der Waals surface area contributed by atoms with Crippen molar-refractivity contribution in [3.63, 3.8) is 0 Å². The lowest BCUT2D eigenvalue weighted by Crippen LogP contribution is -2.10. The Morgan fingerprint density at radius 1 is 1.40 bits per heavy atom. The summed E-state index contributed by atoms with van der Waals surface area (Å²) in [6, 6.07) is 5.23. The van der Waals surface area contributed by atoms with Gasteiger partial charge in [0.25, 0.3) is 0 Å².